The number of carbonyl (C=O) groups is 2. The fraction of sp³-hybridized carbons (Fsp3) is 0.524. The molecule has 0 saturated carbocycles. The van der Waals surface area contributed by atoms with Crippen molar-refractivity contribution in [2.45, 2.75) is 44.2 Å². The fourth-order valence-corrected chi connectivity index (χ4v) is 5.15. The van der Waals surface area contributed by atoms with Crippen molar-refractivity contribution in [3.05, 3.63) is 30.5 Å². The Morgan fingerprint density at radius 1 is 1.23 bits per heavy atom. The van der Waals surface area contributed by atoms with Gasteiger partial charge in [-0.25, -0.2) is 8.42 Å². The number of hydrogen-bond donors (Lipinski definition) is 1. The van der Waals surface area contributed by atoms with Crippen molar-refractivity contribution in [3.8, 4) is 0 Å². The average molecular weight is 436 g/mol. The van der Waals surface area contributed by atoms with Crippen molar-refractivity contribution < 1.29 is 22.7 Å². The van der Waals surface area contributed by atoms with Crippen molar-refractivity contribution in [1.29, 1.82) is 0 Å². The highest BCUT2D eigenvalue weighted by Crippen LogP contribution is 2.26. The fourth-order valence-electron chi connectivity index (χ4n) is 3.75. The van der Waals surface area contributed by atoms with E-state index >= 15 is 0 Å². The van der Waals surface area contributed by atoms with E-state index in [4.69, 9.17) is 4.74 Å². The Kier molecular flexibility index (Phi) is 7.14. The van der Waals surface area contributed by atoms with Gasteiger partial charge in [0, 0.05) is 43.3 Å². The number of rotatable bonds is 9. The summed E-state index contributed by atoms with van der Waals surface area (Å²) in [4.78, 5) is 26.6. The molecule has 3 rings (SSSR count). The van der Waals surface area contributed by atoms with Crippen LogP contribution in [0.2, 0.25) is 0 Å². The molecule has 1 aromatic carbocycles. The maximum absolute atomic E-state index is 13.0. The monoisotopic (exact) mass is 435 g/mol. The Morgan fingerprint density at radius 2 is 1.97 bits per heavy atom. The normalized spacial score (nSPS) is 16.7. The van der Waals surface area contributed by atoms with Crippen LogP contribution in [0.15, 0.2) is 35.4 Å². The summed E-state index contributed by atoms with van der Waals surface area (Å²) < 4.78 is 33.1. The molecule has 1 saturated heterocycles. The van der Waals surface area contributed by atoms with Gasteiger partial charge in [-0.05, 0) is 32.8 Å². The third-order valence-corrected chi connectivity index (χ3v) is 7.02. The molecule has 0 unspecified atom stereocenters. The lowest BCUT2D eigenvalue weighted by Gasteiger charge is -2.19. The Hall–Kier alpha value is -2.39. The third-order valence-electron chi connectivity index (χ3n) is 5.38. The Balaban J connectivity index is 1.80. The van der Waals surface area contributed by atoms with Crippen LogP contribution in [0.25, 0.3) is 10.9 Å². The smallest absolute Gasteiger partial charge is 0.242 e. The van der Waals surface area contributed by atoms with Gasteiger partial charge in [-0.1, -0.05) is 18.2 Å². The minimum atomic E-state index is -3.88. The molecule has 1 aromatic heterocycles. The van der Waals surface area contributed by atoms with Crippen LogP contribution < -0.4 is 5.32 Å². The predicted molar refractivity (Wildman–Crippen MR) is 114 cm³/mol. The highest BCUT2D eigenvalue weighted by molar-refractivity contribution is 7.92. The van der Waals surface area contributed by atoms with Gasteiger partial charge in [-0.15, -0.1) is 0 Å². The zero-order valence-corrected chi connectivity index (χ0v) is 18.3. The van der Waals surface area contributed by atoms with E-state index in [0.717, 1.165) is 12.8 Å². The van der Waals surface area contributed by atoms with Crippen LogP contribution in [0.5, 0.6) is 0 Å². The van der Waals surface area contributed by atoms with Crippen LogP contribution in [0, 0.1) is 0 Å². The van der Waals surface area contributed by atoms with Crippen molar-refractivity contribution >= 4 is 32.6 Å². The Bertz CT molecular complexity index is 1000. The molecule has 164 valence electrons. The van der Waals surface area contributed by atoms with Crippen LogP contribution in [0.1, 0.15) is 26.7 Å². The standard InChI is InChI=1S/C21H29N3O5S/c1-3-23(4-2)21(26)14-24-13-19(17-9-5-6-10-18(17)24)30(27,28)15-20(25)22-12-16-8-7-11-29-16/h5-6,9-10,13,16H,3-4,7-8,11-12,14-15H2,1-2H3,(H,22,25)/t16-/m1/s1. The summed E-state index contributed by atoms with van der Waals surface area (Å²) in [5.74, 6) is -1.28. The number of ether oxygens (including phenoxy) is 1. The van der Waals surface area contributed by atoms with E-state index in [1.807, 2.05) is 13.8 Å². The highest BCUT2D eigenvalue weighted by Gasteiger charge is 2.26. The Labute approximate surface area is 177 Å². The summed E-state index contributed by atoms with van der Waals surface area (Å²) in [5.41, 5.74) is 0.649. The first-order chi connectivity index (χ1) is 14.4. The van der Waals surface area contributed by atoms with E-state index in [1.54, 1.807) is 33.7 Å². The van der Waals surface area contributed by atoms with Gasteiger partial charge in [0.25, 0.3) is 0 Å². The Morgan fingerprint density at radius 3 is 2.63 bits per heavy atom. The zero-order chi connectivity index (χ0) is 21.7. The van der Waals surface area contributed by atoms with E-state index in [2.05, 4.69) is 5.32 Å². The largest absolute Gasteiger partial charge is 0.376 e. The second-order valence-corrected chi connectivity index (χ2v) is 9.36. The molecule has 0 spiro atoms. The van der Waals surface area contributed by atoms with Crippen molar-refractivity contribution in [1.82, 2.24) is 14.8 Å². The first-order valence-electron chi connectivity index (χ1n) is 10.3. The maximum Gasteiger partial charge on any atom is 0.242 e. The highest BCUT2D eigenvalue weighted by atomic mass is 32.2. The maximum atomic E-state index is 13.0. The van der Waals surface area contributed by atoms with Gasteiger partial charge in [0.15, 0.2) is 9.84 Å². The van der Waals surface area contributed by atoms with E-state index < -0.39 is 21.5 Å². The minimum Gasteiger partial charge on any atom is -0.376 e. The number of para-hydroxylation sites is 1. The number of nitrogens with one attached hydrogen (secondary N) is 1. The molecule has 8 nitrogen and oxygen atoms in total. The molecule has 1 N–H and O–H groups in total. The van der Waals surface area contributed by atoms with E-state index in [9.17, 15) is 18.0 Å². The number of benzene rings is 1. The van der Waals surface area contributed by atoms with Gasteiger partial charge in [-0.2, -0.15) is 0 Å². The molecule has 1 atom stereocenters. The molecule has 2 aromatic rings. The first-order valence-corrected chi connectivity index (χ1v) is 12.0. The number of likely N-dealkylation sites (N-methyl/N-ethyl adjacent to an activating group) is 1. The van der Waals surface area contributed by atoms with Crippen LogP contribution in [-0.4, -0.2) is 67.8 Å². The van der Waals surface area contributed by atoms with Crippen LogP contribution >= 0.6 is 0 Å². The topological polar surface area (TPSA) is 97.7 Å². The van der Waals surface area contributed by atoms with Crippen LogP contribution in [0.4, 0.5) is 0 Å². The van der Waals surface area contributed by atoms with Gasteiger partial charge >= 0.3 is 0 Å². The molecule has 0 aliphatic carbocycles. The molecule has 0 bridgehead atoms. The SMILES string of the molecule is CCN(CC)C(=O)Cn1cc(S(=O)(=O)CC(=O)NC[C@H]2CCCO2)c2ccccc21. The summed E-state index contributed by atoms with van der Waals surface area (Å²) in [6.07, 6.45) is 3.23. The second-order valence-electron chi connectivity index (χ2n) is 7.40. The molecular weight excluding hydrogens is 406 g/mol. The number of hydrogen-bond acceptors (Lipinski definition) is 5. The number of amides is 2. The van der Waals surface area contributed by atoms with Gasteiger partial charge < -0.3 is 19.5 Å². The summed E-state index contributed by atoms with van der Waals surface area (Å²) in [6.45, 7) is 6.01. The molecule has 2 heterocycles. The molecule has 30 heavy (non-hydrogen) atoms. The molecule has 1 aliphatic heterocycles. The lowest BCUT2D eigenvalue weighted by molar-refractivity contribution is -0.131. The lowest BCUT2D eigenvalue weighted by Crippen LogP contribution is -2.35. The molecular formula is C21H29N3O5S. The number of carbonyl (C=O) groups excluding carboxylic acids is 2. The van der Waals surface area contributed by atoms with Crippen molar-refractivity contribution in [2.24, 2.45) is 0 Å². The zero-order valence-electron chi connectivity index (χ0n) is 17.5. The van der Waals surface area contributed by atoms with E-state index in [1.165, 1.54) is 6.20 Å². The number of sulfone groups is 1. The van der Waals surface area contributed by atoms with Crippen molar-refractivity contribution in [3.63, 3.8) is 0 Å². The average Bonchev–Trinajstić information content (AvgIpc) is 3.36. The lowest BCUT2D eigenvalue weighted by atomic mass is 10.2. The van der Waals surface area contributed by atoms with Gasteiger partial charge in [0.1, 0.15) is 12.3 Å². The van der Waals surface area contributed by atoms with E-state index in [0.29, 0.717) is 37.1 Å². The molecule has 9 heteroatoms. The minimum absolute atomic E-state index is 0.0446. The van der Waals surface area contributed by atoms with Crippen LogP contribution in [0.3, 0.4) is 0 Å². The summed E-state index contributed by atoms with van der Waals surface area (Å²) in [7, 11) is -3.88. The molecule has 0 radical (unpaired) electrons. The van der Waals surface area contributed by atoms with E-state index in [-0.39, 0.29) is 23.5 Å². The summed E-state index contributed by atoms with van der Waals surface area (Å²) in [6, 6.07) is 7.02. The van der Waals surface area contributed by atoms with Crippen molar-refractivity contribution in [2.75, 3.05) is 32.0 Å². The third kappa shape index (κ3) is 5.02. The first kappa shape index (κ1) is 22.3. The predicted octanol–water partition coefficient (Wildman–Crippen LogP) is 1.58. The second kappa shape index (κ2) is 9.61. The van der Waals surface area contributed by atoms with Gasteiger partial charge in [0.2, 0.25) is 11.8 Å². The number of nitrogens with zero attached hydrogens (tertiary/aromatic N) is 2. The molecule has 2 amide bonds. The molecule has 1 fully saturated rings. The summed E-state index contributed by atoms with van der Waals surface area (Å²) in [5, 5.41) is 3.17. The number of fused-ring (bicyclic) bond motifs is 1. The van der Waals surface area contributed by atoms with Crippen LogP contribution in [-0.2, 0) is 30.7 Å². The number of aromatic nitrogens is 1. The quantitative estimate of drug-likeness (QED) is 0.645. The van der Waals surface area contributed by atoms with Gasteiger partial charge in [0.05, 0.1) is 11.0 Å². The van der Waals surface area contributed by atoms with Gasteiger partial charge in [-0.3, -0.25) is 9.59 Å². The summed E-state index contributed by atoms with van der Waals surface area (Å²) >= 11 is 0. The molecule has 1 aliphatic rings.